The Balaban J connectivity index is 1.88. The number of allylic oxidation sites excluding steroid dienone is 2. The Morgan fingerprint density at radius 3 is 2.62 bits per heavy atom. The van der Waals surface area contributed by atoms with Crippen LogP contribution in [0.3, 0.4) is 0 Å². The molecule has 0 spiro atoms. The van der Waals surface area contributed by atoms with Crippen LogP contribution in [0.5, 0.6) is 0 Å². The molecule has 3 atom stereocenters. The molecule has 0 unspecified atom stereocenters. The first-order valence-electron chi connectivity index (χ1n) is 7.63. The molecule has 2 amide bonds. The minimum Gasteiger partial charge on any atom is -0.463 e. The van der Waals surface area contributed by atoms with Crippen LogP contribution in [0.1, 0.15) is 40.5 Å². The largest absolute Gasteiger partial charge is 0.463 e. The topological polar surface area (TPSA) is 72.6 Å². The standard InChI is InChI=1S/C16H26N2O3/c1-10(2)8-12-13(16(12,3)4)14(19)21-9-11-6-5-7-18(11)15(17)20/h8,11-13H,5-7,9H2,1-4H3,(H2,17,20)/t11-,12+,13+/m0/s1. The van der Waals surface area contributed by atoms with Gasteiger partial charge in [-0.2, -0.15) is 0 Å². The van der Waals surface area contributed by atoms with Crippen LogP contribution in [0.15, 0.2) is 11.6 Å². The van der Waals surface area contributed by atoms with Gasteiger partial charge in [0.05, 0.1) is 12.0 Å². The van der Waals surface area contributed by atoms with E-state index < -0.39 is 6.03 Å². The number of carbonyl (C=O) groups excluding carboxylic acids is 2. The summed E-state index contributed by atoms with van der Waals surface area (Å²) in [6, 6.07) is -0.488. The third-order valence-corrected chi connectivity index (χ3v) is 4.76. The van der Waals surface area contributed by atoms with E-state index in [2.05, 4.69) is 19.9 Å². The molecule has 2 rings (SSSR count). The van der Waals surface area contributed by atoms with E-state index in [0.29, 0.717) is 6.54 Å². The lowest BCUT2D eigenvalue weighted by Gasteiger charge is -2.22. The molecular weight excluding hydrogens is 268 g/mol. The Kier molecular flexibility index (Phi) is 4.30. The number of ether oxygens (including phenoxy) is 1. The number of hydrogen-bond acceptors (Lipinski definition) is 3. The molecule has 2 N–H and O–H groups in total. The average molecular weight is 294 g/mol. The first-order chi connectivity index (χ1) is 9.75. The van der Waals surface area contributed by atoms with Crippen LogP contribution in [-0.2, 0) is 9.53 Å². The van der Waals surface area contributed by atoms with Gasteiger partial charge in [-0.1, -0.05) is 25.5 Å². The van der Waals surface area contributed by atoms with Gasteiger partial charge in [-0.15, -0.1) is 0 Å². The van der Waals surface area contributed by atoms with E-state index in [1.807, 2.05) is 13.8 Å². The zero-order valence-corrected chi connectivity index (χ0v) is 13.4. The van der Waals surface area contributed by atoms with E-state index >= 15 is 0 Å². The van der Waals surface area contributed by atoms with E-state index in [1.165, 1.54) is 5.57 Å². The predicted molar refractivity (Wildman–Crippen MR) is 80.5 cm³/mol. The van der Waals surface area contributed by atoms with Gasteiger partial charge >= 0.3 is 12.0 Å². The summed E-state index contributed by atoms with van der Waals surface area (Å²) in [5.41, 5.74) is 6.51. The van der Waals surface area contributed by atoms with Crippen molar-refractivity contribution in [2.75, 3.05) is 13.2 Å². The third-order valence-electron chi connectivity index (χ3n) is 4.76. The fraction of sp³-hybridized carbons (Fsp3) is 0.750. The van der Waals surface area contributed by atoms with Crippen LogP contribution in [0.2, 0.25) is 0 Å². The summed E-state index contributed by atoms with van der Waals surface area (Å²) in [6.07, 6.45) is 3.92. The molecule has 118 valence electrons. The zero-order valence-electron chi connectivity index (χ0n) is 13.4. The van der Waals surface area contributed by atoms with E-state index in [0.717, 1.165) is 12.8 Å². The lowest BCUT2D eigenvalue weighted by molar-refractivity contribution is -0.147. The van der Waals surface area contributed by atoms with Gasteiger partial charge in [-0.25, -0.2) is 4.79 Å². The number of carbonyl (C=O) groups is 2. The summed E-state index contributed by atoms with van der Waals surface area (Å²) < 4.78 is 5.46. The maximum Gasteiger partial charge on any atom is 0.315 e. The number of urea groups is 1. The third kappa shape index (κ3) is 3.22. The van der Waals surface area contributed by atoms with Crippen molar-refractivity contribution in [3.8, 4) is 0 Å². The van der Waals surface area contributed by atoms with Crippen molar-refractivity contribution in [3.05, 3.63) is 11.6 Å². The SMILES string of the molecule is CC(C)=C[C@@H]1[C@H](C(=O)OC[C@@H]2CCCN2C(N)=O)C1(C)C. The molecule has 5 nitrogen and oxygen atoms in total. The molecule has 1 heterocycles. The second-order valence-electron chi connectivity index (χ2n) is 7.03. The Morgan fingerprint density at radius 1 is 1.38 bits per heavy atom. The van der Waals surface area contributed by atoms with Gasteiger partial charge in [-0.3, -0.25) is 4.79 Å². The zero-order chi connectivity index (χ0) is 15.8. The highest BCUT2D eigenvalue weighted by atomic mass is 16.5. The number of esters is 1. The van der Waals surface area contributed by atoms with Crippen LogP contribution in [0.25, 0.3) is 0 Å². The normalized spacial score (nSPS) is 29.9. The van der Waals surface area contributed by atoms with Crippen molar-refractivity contribution in [3.63, 3.8) is 0 Å². The molecule has 1 aliphatic carbocycles. The second kappa shape index (κ2) is 5.70. The molecule has 2 fully saturated rings. The molecule has 0 aromatic rings. The van der Waals surface area contributed by atoms with E-state index in [9.17, 15) is 9.59 Å². The van der Waals surface area contributed by atoms with Gasteiger partial charge in [0.2, 0.25) is 0 Å². The van der Waals surface area contributed by atoms with Crippen LogP contribution in [0, 0.1) is 17.3 Å². The van der Waals surface area contributed by atoms with Crippen LogP contribution in [-0.4, -0.2) is 36.1 Å². The Morgan fingerprint density at radius 2 is 2.05 bits per heavy atom. The highest BCUT2D eigenvalue weighted by molar-refractivity contribution is 5.78. The summed E-state index contributed by atoms with van der Waals surface area (Å²) in [6.45, 7) is 9.19. The molecule has 5 heteroatoms. The van der Waals surface area contributed by atoms with Crippen LogP contribution in [0.4, 0.5) is 4.79 Å². The smallest absolute Gasteiger partial charge is 0.315 e. The van der Waals surface area contributed by atoms with Crippen molar-refractivity contribution in [1.82, 2.24) is 4.90 Å². The Labute approximate surface area is 126 Å². The molecule has 1 saturated carbocycles. The van der Waals surface area contributed by atoms with Crippen molar-refractivity contribution in [1.29, 1.82) is 0 Å². The minimum atomic E-state index is -0.428. The summed E-state index contributed by atoms with van der Waals surface area (Å²) in [5.74, 6) is 0.0282. The molecular formula is C16H26N2O3. The van der Waals surface area contributed by atoms with Crippen LogP contribution >= 0.6 is 0 Å². The van der Waals surface area contributed by atoms with Gasteiger partial charge in [0.25, 0.3) is 0 Å². The number of nitrogens with zero attached hydrogens (tertiary/aromatic N) is 1. The Bertz CT molecular complexity index is 466. The molecule has 0 aromatic carbocycles. The molecule has 0 radical (unpaired) electrons. The molecule has 2 aliphatic rings. The van der Waals surface area contributed by atoms with Gasteiger partial charge in [0, 0.05) is 6.54 Å². The predicted octanol–water partition coefficient (Wildman–Crippen LogP) is 2.31. The quantitative estimate of drug-likeness (QED) is 0.639. The maximum absolute atomic E-state index is 12.3. The van der Waals surface area contributed by atoms with Gasteiger partial charge in [0.15, 0.2) is 0 Å². The summed E-state index contributed by atoms with van der Waals surface area (Å²) >= 11 is 0. The highest BCUT2D eigenvalue weighted by Crippen LogP contribution is 2.59. The first kappa shape index (κ1) is 15.9. The molecule has 1 saturated heterocycles. The fourth-order valence-corrected chi connectivity index (χ4v) is 3.37. The number of hydrogen-bond donors (Lipinski definition) is 1. The minimum absolute atomic E-state index is 0.0343. The molecule has 21 heavy (non-hydrogen) atoms. The summed E-state index contributed by atoms with van der Waals surface area (Å²) in [4.78, 5) is 25.1. The van der Waals surface area contributed by atoms with Crippen molar-refractivity contribution < 1.29 is 14.3 Å². The van der Waals surface area contributed by atoms with Crippen molar-refractivity contribution in [2.24, 2.45) is 23.0 Å². The average Bonchev–Trinajstić information content (AvgIpc) is 2.77. The van der Waals surface area contributed by atoms with Gasteiger partial charge in [-0.05, 0) is 38.0 Å². The number of rotatable bonds is 4. The van der Waals surface area contributed by atoms with Crippen molar-refractivity contribution >= 4 is 12.0 Å². The second-order valence-corrected chi connectivity index (χ2v) is 7.03. The lowest BCUT2D eigenvalue weighted by Crippen LogP contribution is -2.42. The Hall–Kier alpha value is -1.52. The summed E-state index contributed by atoms with van der Waals surface area (Å²) in [5, 5.41) is 0. The number of nitrogens with two attached hydrogens (primary N) is 1. The van der Waals surface area contributed by atoms with E-state index in [-0.39, 0.29) is 35.9 Å². The van der Waals surface area contributed by atoms with E-state index in [1.54, 1.807) is 4.90 Å². The van der Waals surface area contributed by atoms with Crippen LogP contribution < -0.4 is 5.73 Å². The molecule has 1 aliphatic heterocycles. The van der Waals surface area contributed by atoms with Gasteiger partial charge in [0.1, 0.15) is 6.61 Å². The monoisotopic (exact) mass is 294 g/mol. The highest BCUT2D eigenvalue weighted by Gasteiger charge is 2.61. The lowest BCUT2D eigenvalue weighted by atomic mass is 10.1. The maximum atomic E-state index is 12.3. The fourth-order valence-electron chi connectivity index (χ4n) is 3.37. The van der Waals surface area contributed by atoms with E-state index in [4.69, 9.17) is 10.5 Å². The summed E-state index contributed by atoms with van der Waals surface area (Å²) in [7, 11) is 0. The molecule has 0 aromatic heterocycles. The number of likely N-dealkylation sites (tertiary alicyclic amines) is 1. The number of amides is 2. The number of primary amides is 1. The molecule has 0 bridgehead atoms. The van der Waals surface area contributed by atoms with Crippen molar-refractivity contribution in [2.45, 2.75) is 46.6 Å². The first-order valence-corrected chi connectivity index (χ1v) is 7.63. The van der Waals surface area contributed by atoms with Gasteiger partial charge < -0.3 is 15.4 Å².